The smallest absolute Gasteiger partial charge is 0.123 e. The summed E-state index contributed by atoms with van der Waals surface area (Å²) >= 11 is 0. The van der Waals surface area contributed by atoms with Gasteiger partial charge in [-0.3, -0.25) is 4.90 Å². The van der Waals surface area contributed by atoms with Crippen LogP contribution in [0.3, 0.4) is 0 Å². The first-order chi connectivity index (χ1) is 10.1. The van der Waals surface area contributed by atoms with E-state index in [1.807, 2.05) is 6.07 Å². The van der Waals surface area contributed by atoms with Gasteiger partial charge in [0.1, 0.15) is 5.82 Å². The summed E-state index contributed by atoms with van der Waals surface area (Å²) in [6.45, 7) is 6.38. The highest BCUT2D eigenvalue weighted by atomic mass is 19.1. The molecule has 1 heterocycles. The molecule has 0 aliphatic carbocycles. The summed E-state index contributed by atoms with van der Waals surface area (Å²) in [5, 5.41) is 8.97. The zero-order valence-corrected chi connectivity index (χ0v) is 13.1. The summed E-state index contributed by atoms with van der Waals surface area (Å²) in [6.07, 6.45) is 2.36. The molecule has 1 N–H and O–H groups in total. The van der Waals surface area contributed by atoms with Crippen molar-refractivity contribution in [2.24, 2.45) is 5.92 Å². The highest BCUT2D eigenvalue weighted by Gasteiger charge is 2.22. The molecule has 3 nitrogen and oxygen atoms in total. The van der Waals surface area contributed by atoms with Crippen LogP contribution in [0.25, 0.3) is 0 Å². The summed E-state index contributed by atoms with van der Waals surface area (Å²) < 4.78 is 13.3. The molecule has 0 radical (unpaired) electrons. The SMILES string of the molecule is C[C@H](c1cccc(F)c1)N(C)CC1CCN(CCO)CC1. The first kappa shape index (κ1) is 16.4. The molecule has 1 atom stereocenters. The molecule has 0 bridgehead atoms. The molecule has 4 heteroatoms. The van der Waals surface area contributed by atoms with Gasteiger partial charge in [-0.1, -0.05) is 12.1 Å². The van der Waals surface area contributed by atoms with Crippen molar-refractivity contribution < 1.29 is 9.50 Å². The predicted octanol–water partition coefficient (Wildman–Crippen LogP) is 2.52. The van der Waals surface area contributed by atoms with Crippen molar-refractivity contribution in [2.75, 3.05) is 39.8 Å². The number of aliphatic hydroxyl groups excluding tert-OH is 1. The predicted molar refractivity (Wildman–Crippen MR) is 83.7 cm³/mol. The number of benzene rings is 1. The van der Waals surface area contributed by atoms with Gasteiger partial charge in [0.05, 0.1) is 6.61 Å². The van der Waals surface area contributed by atoms with Crippen molar-refractivity contribution >= 4 is 0 Å². The van der Waals surface area contributed by atoms with Gasteiger partial charge >= 0.3 is 0 Å². The fourth-order valence-corrected chi connectivity index (χ4v) is 3.12. The van der Waals surface area contributed by atoms with Crippen LogP contribution >= 0.6 is 0 Å². The molecule has 1 saturated heterocycles. The number of hydrogen-bond acceptors (Lipinski definition) is 3. The maximum absolute atomic E-state index is 13.3. The number of hydrogen-bond donors (Lipinski definition) is 1. The Morgan fingerprint density at radius 3 is 2.71 bits per heavy atom. The molecule has 0 amide bonds. The van der Waals surface area contributed by atoms with Gasteiger partial charge in [-0.25, -0.2) is 4.39 Å². The number of likely N-dealkylation sites (tertiary alicyclic amines) is 1. The minimum absolute atomic E-state index is 0.162. The van der Waals surface area contributed by atoms with Crippen molar-refractivity contribution in [1.29, 1.82) is 0 Å². The Kier molecular flexibility index (Phi) is 6.15. The summed E-state index contributed by atoms with van der Waals surface area (Å²) in [5.74, 6) is 0.533. The molecule has 2 rings (SSSR count). The van der Waals surface area contributed by atoms with Crippen molar-refractivity contribution in [3.63, 3.8) is 0 Å². The van der Waals surface area contributed by atoms with Gasteiger partial charge in [-0.15, -0.1) is 0 Å². The normalized spacial score (nSPS) is 19.1. The summed E-state index contributed by atoms with van der Waals surface area (Å²) in [4.78, 5) is 4.65. The van der Waals surface area contributed by atoms with Gasteiger partial charge in [0.25, 0.3) is 0 Å². The van der Waals surface area contributed by atoms with Crippen LogP contribution in [0.1, 0.15) is 31.4 Å². The Morgan fingerprint density at radius 1 is 1.38 bits per heavy atom. The molecular formula is C17H27FN2O. The van der Waals surface area contributed by atoms with Crippen LogP contribution in [0.2, 0.25) is 0 Å². The number of nitrogens with zero attached hydrogens (tertiary/aromatic N) is 2. The van der Waals surface area contributed by atoms with Gasteiger partial charge in [0, 0.05) is 19.1 Å². The molecule has 1 aromatic rings. The summed E-state index contributed by atoms with van der Waals surface area (Å²) in [7, 11) is 2.12. The van der Waals surface area contributed by atoms with E-state index in [1.54, 1.807) is 12.1 Å². The lowest BCUT2D eigenvalue weighted by molar-refractivity contribution is 0.121. The molecule has 1 aliphatic rings. The number of halogens is 1. The van der Waals surface area contributed by atoms with E-state index in [9.17, 15) is 4.39 Å². The number of aliphatic hydroxyl groups is 1. The van der Waals surface area contributed by atoms with Crippen LogP contribution in [0, 0.1) is 11.7 Å². The molecule has 0 unspecified atom stereocenters. The van der Waals surface area contributed by atoms with E-state index in [0.717, 1.165) is 31.7 Å². The monoisotopic (exact) mass is 294 g/mol. The van der Waals surface area contributed by atoms with E-state index in [1.165, 1.54) is 18.9 Å². The largest absolute Gasteiger partial charge is 0.395 e. The Balaban J connectivity index is 1.83. The molecule has 118 valence electrons. The van der Waals surface area contributed by atoms with Gasteiger partial charge in [-0.05, 0) is 63.5 Å². The van der Waals surface area contributed by atoms with E-state index < -0.39 is 0 Å². The zero-order valence-electron chi connectivity index (χ0n) is 13.1. The molecule has 1 fully saturated rings. The van der Waals surface area contributed by atoms with Gasteiger partial charge < -0.3 is 10.0 Å². The zero-order chi connectivity index (χ0) is 15.2. The van der Waals surface area contributed by atoms with Crippen molar-refractivity contribution in [3.05, 3.63) is 35.6 Å². The molecule has 0 saturated carbocycles. The first-order valence-electron chi connectivity index (χ1n) is 7.89. The Hall–Kier alpha value is -0.970. The standard InChI is InChI=1S/C17H27FN2O/c1-14(16-4-3-5-17(18)12-16)19(2)13-15-6-8-20(9-7-15)10-11-21/h3-5,12,14-15,21H,6-11,13H2,1-2H3/t14-/m1/s1. The van der Waals surface area contributed by atoms with E-state index in [2.05, 4.69) is 23.8 Å². The van der Waals surface area contributed by atoms with E-state index >= 15 is 0 Å². The van der Waals surface area contributed by atoms with E-state index in [-0.39, 0.29) is 18.5 Å². The lowest BCUT2D eigenvalue weighted by Gasteiger charge is -2.35. The summed E-state index contributed by atoms with van der Waals surface area (Å²) in [6, 6.07) is 7.13. The molecule has 0 aromatic heterocycles. The average molecular weight is 294 g/mol. The van der Waals surface area contributed by atoms with Gasteiger partial charge in [0.15, 0.2) is 0 Å². The lowest BCUT2D eigenvalue weighted by atomic mass is 9.95. The lowest BCUT2D eigenvalue weighted by Crippen LogP contribution is -2.39. The van der Waals surface area contributed by atoms with Crippen LogP contribution in [0.4, 0.5) is 4.39 Å². The molecule has 0 spiro atoms. The minimum atomic E-state index is -0.162. The average Bonchev–Trinajstić information content (AvgIpc) is 2.48. The summed E-state index contributed by atoms with van der Waals surface area (Å²) in [5.41, 5.74) is 1.04. The number of β-amino-alcohol motifs (C(OH)–C–C–N with tert-alkyl or cyclic N) is 1. The van der Waals surface area contributed by atoms with Crippen LogP contribution in [0.15, 0.2) is 24.3 Å². The molecular weight excluding hydrogens is 267 g/mol. The highest BCUT2D eigenvalue weighted by Crippen LogP contribution is 2.24. The Morgan fingerprint density at radius 2 is 2.10 bits per heavy atom. The minimum Gasteiger partial charge on any atom is -0.395 e. The van der Waals surface area contributed by atoms with Crippen molar-refractivity contribution in [3.8, 4) is 0 Å². The Bertz CT molecular complexity index is 433. The van der Waals surface area contributed by atoms with Crippen molar-refractivity contribution in [1.82, 2.24) is 9.80 Å². The quantitative estimate of drug-likeness (QED) is 0.873. The number of rotatable bonds is 6. The fourth-order valence-electron chi connectivity index (χ4n) is 3.12. The third-order valence-corrected chi connectivity index (χ3v) is 4.66. The molecule has 1 aromatic carbocycles. The van der Waals surface area contributed by atoms with Crippen molar-refractivity contribution in [2.45, 2.75) is 25.8 Å². The molecule has 21 heavy (non-hydrogen) atoms. The van der Waals surface area contributed by atoms with Crippen LogP contribution in [-0.2, 0) is 0 Å². The van der Waals surface area contributed by atoms with Gasteiger partial charge in [0.2, 0.25) is 0 Å². The third kappa shape index (κ3) is 4.77. The second kappa shape index (κ2) is 7.87. The van der Waals surface area contributed by atoms with E-state index in [0.29, 0.717) is 5.92 Å². The fraction of sp³-hybridized carbons (Fsp3) is 0.647. The second-order valence-electron chi connectivity index (χ2n) is 6.18. The van der Waals surface area contributed by atoms with Crippen LogP contribution in [0.5, 0.6) is 0 Å². The first-order valence-corrected chi connectivity index (χ1v) is 7.89. The van der Waals surface area contributed by atoms with Crippen LogP contribution < -0.4 is 0 Å². The highest BCUT2D eigenvalue weighted by molar-refractivity contribution is 5.19. The number of piperidine rings is 1. The van der Waals surface area contributed by atoms with E-state index in [4.69, 9.17) is 5.11 Å². The maximum atomic E-state index is 13.3. The van der Waals surface area contributed by atoms with Crippen LogP contribution in [-0.4, -0.2) is 54.7 Å². The maximum Gasteiger partial charge on any atom is 0.123 e. The topological polar surface area (TPSA) is 26.7 Å². The van der Waals surface area contributed by atoms with Gasteiger partial charge in [-0.2, -0.15) is 0 Å². The Labute approximate surface area is 127 Å². The third-order valence-electron chi connectivity index (χ3n) is 4.66. The second-order valence-corrected chi connectivity index (χ2v) is 6.18. The molecule has 1 aliphatic heterocycles.